The van der Waals surface area contributed by atoms with E-state index in [9.17, 15) is 51.9 Å². The second-order valence-electron chi connectivity index (χ2n) is 14.4. The summed E-state index contributed by atoms with van der Waals surface area (Å²) in [5, 5.41) is 0. The predicted octanol–water partition coefficient (Wildman–Crippen LogP) is 4.57. The standard InChI is InChI=1S/C44H28N4O12S4.ClH.Fe/c49-61(50,51)29-9-1-25(2-10-29)41-33-17-19-35(45-33)42(26-3-11-30(12-4-26)62(52,53)54)37-21-23-39(47-37)44(28-7-15-32(16-8-28)64(58,59)60)40-24-22-38(48-40)43(36-20-18-34(41)46-36)27-5-13-31(14-6-27)63(55,56)57;;/h1-24H,(H,49,50,51)(H,52,53,54)(H,55,56,57)(H,58,59,60);1H;/q-2;;/p-1. The average Bonchev–Trinajstić information content (AvgIpc) is 4.08. The molecule has 0 saturated heterocycles. The molecule has 0 radical (unpaired) electrons. The molecule has 9 rings (SSSR count). The normalized spacial score (nSPS) is 12.7. The van der Waals surface area contributed by atoms with Crippen LogP contribution in [-0.2, 0) is 57.5 Å². The number of halogens is 1. The molecule has 3 aromatic heterocycles. The number of fused-ring (bicyclic) bond motifs is 8. The van der Waals surface area contributed by atoms with Gasteiger partial charge in [0.15, 0.2) is 0 Å². The largest absolute Gasteiger partial charge is 1.00 e. The first kappa shape index (κ1) is 47.9. The maximum atomic E-state index is 12.0. The van der Waals surface area contributed by atoms with Gasteiger partial charge in [-0.2, -0.15) is 33.7 Å². The van der Waals surface area contributed by atoms with Crippen molar-refractivity contribution in [3.63, 3.8) is 0 Å². The minimum absolute atomic E-state index is 0. The van der Waals surface area contributed by atoms with Gasteiger partial charge in [0.05, 0.1) is 42.4 Å². The second-order valence-corrected chi connectivity index (χ2v) is 20.0. The number of nitrogens with zero attached hydrogens (tertiary/aromatic N) is 4. The maximum absolute atomic E-state index is 12.0. The van der Waals surface area contributed by atoms with Gasteiger partial charge < -0.3 is 22.4 Å². The minimum atomic E-state index is -4.56. The number of aromatic nitrogens is 4. The first-order chi connectivity index (χ1) is 30.2. The van der Waals surface area contributed by atoms with Gasteiger partial charge in [-0.25, -0.2) is 9.97 Å². The fraction of sp³-hybridized carbons (Fsp3) is 0. The van der Waals surface area contributed by atoms with Crippen LogP contribution in [0.2, 0.25) is 0 Å². The Balaban J connectivity index is 0.00000324. The summed E-state index contributed by atoms with van der Waals surface area (Å²) in [5.74, 6) is 0. The van der Waals surface area contributed by atoms with E-state index in [2.05, 4.69) is 0 Å². The van der Waals surface area contributed by atoms with Crippen molar-refractivity contribution in [2.24, 2.45) is 0 Å². The zero-order chi connectivity index (χ0) is 45.3. The summed E-state index contributed by atoms with van der Waals surface area (Å²) < 4.78 is 135. The van der Waals surface area contributed by atoms with Gasteiger partial charge in [-0.1, -0.05) is 72.8 Å². The summed E-state index contributed by atoms with van der Waals surface area (Å²) in [6.45, 7) is 0. The van der Waals surface area contributed by atoms with Crippen LogP contribution in [0.25, 0.3) is 90.9 Å². The molecule has 16 nitrogen and oxygen atoms in total. The van der Waals surface area contributed by atoms with Crippen LogP contribution < -0.4 is 22.4 Å². The molecule has 4 aromatic carbocycles. The third-order valence-electron chi connectivity index (χ3n) is 10.4. The number of hydrogen-bond acceptors (Lipinski definition) is 10. The smallest absolute Gasteiger partial charge is 0.294 e. The van der Waals surface area contributed by atoms with Crippen LogP contribution in [0.5, 0.6) is 0 Å². The molecule has 0 spiro atoms. The molecule has 8 bridgehead atoms. The van der Waals surface area contributed by atoms with E-state index in [1.807, 2.05) is 0 Å². The Kier molecular flexibility index (Phi) is 12.8. The zero-order valence-electron chi connectivity index (χ0n) is 33.1. The summed E-state index contributed by atoms with van der Waals surface area (Å²) in [5.41, 5.74) is 6.28. The topological polar surface area (TPSA) is 271 Å². The molecule has 0 amide bonds. The molecule has 7 aromatic rings. The minimum Gasteiger partial charge on any atom is -1.00 e. The fourth-order valence-corrected chi connectivity index (χ4v) is 9.36. The van der Waals surface area contributed by atoms with Crippen LogP contribution in [0, 0.1) is 0 Å². The van der Waals surface area contributed by atoms with Gasteiger partial charge in [0.25, 0.3) is 40.5 Å². The van der Waals surface area contributed by atoms with Crippen molar-refractivity contribution in [1.82, 2.24) is 19.9 Å². The van der Waals surface area contributed by atoms with Gasteiger partial charge in [-0.15, -0.1) is 22.1 Å². The quantitative estimate of drug-likeness (QED) is 0.120. The van der Waals surface area contributed by atoms with Crippen LogP contribution in [-0.4, -0.2) is 61.9 Å². The third-order valence-corrected chi connectivity index (χ3v) is 13.8. The summed E-state index contributed by atoms with van der Waals surface area (Å²) in [7, 11) is -18.2. The molecule has 2 aliphatic rings. The molecule has 22 heteroatoms. The summed E-state index contributed by atoms with van der Waals surface area (Å²) >= 11 is 0. The number of rotatable bonds is 8. The van der Waals surface area contributed by atoms with Crippen molar-refractivity contribution in [3.8, 4) is 44.5 Å². The fourth-order valence-electron chi connectivity index (χ4n) is 7.44. The van der Waals surface area contributed by atoms with Crippen molar-refractivity contribution in [1.29, 1.82) is 0 Å². The SMILES string of the molecule is O=S(=O)(O)c1ccc(-c2c3nc(c(-c4ccc(S(=O)(=O)O)cc4)c4ccc([n-]4)c(-c4ccc(S(=O)(=O)O)cc4)c4nc(c(-c5ccc(S(=O)(=O)O)cc5)c5ccc2[n-]5)C=C4)C=C3)cc1.[Cl-].[Fe]. The van der Waals surface area contributed by atoms with Gasteiger partial charge >= 0.3 is 0 Å². The summed E-state index contributed by atoms with van der Waals surface area (Å²) in [6.07, 6.45) is 6.79. The Hall–Kier alpha value is -6.07. The average molecular weight is 1020 g/mol. The molecule has 0 atom stereocenters. The molecule has 0 aliphatic carbocycles. The van der Waals surface area contributed by atoms with Crippen molar-refractivity contribution in [2.75, 3.05) is 0 Å². The maximum Gasteiger partial charge on any atom is 0.294 e. The van der Waals surface area contributed by atoms with Gasteiger partial charge in [0.2, 0.25) is 0 Å². The number of hydrogen-bond donors (Lipinski definition) is 4. The van der Waals surface area contributed by atoms with Crippen LogP contribution in [0.15, 0.2) is 141 Å². The van der Waals surface area contributed by atoms with E-state index >= 15 is 0 Å². The van der Waals surface area contributed by atoms with Crippen molar-refractivity contribution < 1.29 is 81.4 Å². The van der Waals surface area contributed by atoms with E-state index in [1.165, 1.54) is 97.1 Å². The van der Waals surface area contributed by atoms with Crippen LogP contribution in [0.3, 0.4) is 0 Å². The number of benzene rings is 4. The molecule has 2 aliphatic heterocycles. The van der Waals surface area contributed by atoms with Gasteiger partial charge in [0.1, 0.15) is 0 Å². The first-order valence-corrected chi connectivity index (χ1v) is 24.4. The van der Waals surface area contributed by atoms with E-state index in [0.29, 0.717) is 89.4 Å². The Bertz CT molecular complexity index is 3310. The predicted molar refractivity (Wildman–Crippen MR) is 238 cm³/mol. The molecule has 0 saturated carbocycles. The zero-order valence-corrected chi connectivity index (χ0v) is 38.2. The molecule has 4 N–H and O–H groups in total. The van der Waals surface area contributed by atoms with E-state index in [-0.39, 0.29) is 49.1 Å². The molecule has 5 heterocycles. The monoisotopic (exact) mass is 1020 g/mol. The van der Waals surface area contributed by atoms with Crippen LogP contribution >= 0.6 is 0 Å². The molecular formula is C44H28ClFeN4O12S4-3. The van der Waals surface area contributed by atoms with E-state index < -0.39 is 40.5 Å². The Labute approximate surface area is 393 Å². The Morgan fingerprint density at radius 1 is 0.318 bits per heavy atom. The van der Waals surface area contributed by atoms with Gasteiger partial charge in [0, 0.05) is 17.1 Å². The molecule has 0 unspecified atom stereocenters. The first-order valence-electron chi connectivity index (χ1n) is 18.6. The molecule has 338 valence electrons. The van der Waals surface area contributed by atoms with E-state index in [1.54, 1.807) is 48.6 Å². The van der Waals surface area contributed by atoms with Crippen LogP contribution in [0.1, 0.15) is 22.8 Å². The molecule has 66 heavy (non-hydrogen) atoms. The van der Waals surface area contributed by atoms with Crippen molar-refractivity contribution in [3.05, 3.63) is 144 Å². The molecular weight excluding hydrogens is 996 g/mol. The summed E-state index contributed by atoms with van der Waals surface area (Å²) in [6, 6.07) is 28.4. The van der Waals surface area contributed by atoms with E-state index in [4.69, 9.17) is 19.9 Å². The Morgan fingerprint density at radius 2 is 0.500 bits per heavy atom. The second kappa shape index (κ2) is 17.6. The van der Waals surface area contributed by atoms with Gasteiger partial charge in [-0.3, -0.25) is 18.2 Å². The van der Waals surface area contributed by atoms with E-state index in [0.717, 1.165) is 0 Å². The summed E-state index contributed by atoms with van der Waals surface area (Å²) in [4.78, 5) is 18.7. The van der Waals surface area contributed by atoms with Crippen LogP contribution in [0.4, 0.5) is 0 Å². The van der Waals surface area contributed by atoms with Crippen molar-refractivity contribution in [2.45, 2.75) is 19.6 Å². The third kappa shape index (κ3) is 9.32. The molecule has 0 fully saturated rings. The Morgan fingerprint density at radius 3 is 0.667 bits per heavy atom. The van der Waals surface area contributed by atoms with Crippen molar-refractivity contribution >= 4 is 86.8 Å². The van der Waals surface area contributed by atoms with Gasteiger partial charge in [-0.05, 0) is 117 Å².